The molecule has 0 amide bonds. The summed E-state index contributed by atoms with van der Waals surface area (Å²) in [6.45, 7) is 0. The molecule has 0 aliphatic carbocycles. The van der Waals surface area contributed by atoms with Crippen LogP contribution in [-0.2, 0) is 0 Å². The maximum Gasteiger partial charge on any atom is 0.353 e. The highest BCUT2D eigenvalue weighted by Crippen LogP contribution is 2.19. The number of aromatic carboxylic acids is 1. The molecular weight excluding hydrogens is 238 g/mol. The molecule has 5 nitrogen and oxygen atoms in total. The summed E-state index contributed by atoms with van der Waals surface area (Å²) < 4.78 is 1.81. The molecule has 0 bridgehead atoms. The molecule has 84 valence electrons. The van der Waals surface area contributed by atoms with Crippen molar-refractivity contribution in [3.63, 3.8) is 0 Å². The first-order valence-corrected chi connectivity index (χ1v) is 5.31. The van der Waals surface area contributed by atoms with Gasteiger partial charge in [-0.05, 0) is 24.4 Å². The molecule has 0 radical (unpaired) electrons. The van der Waals surface area contributed by atoms with Crippen molar-refractivity contribution in [2.45, 2.75) is 0 Å². The van der Waals surface area contributed by atoms with Gasteiger partial charge >= 0.3 is 5.97 Å². The molecule has 1 aromatic carbocycles. The van der Waals surface area contributed by atoms with Gasteiger partial charge in [0.25, 0.3) is 0 Å². The highest BCUT2D eigenvalue weighted by molar-refractivity contribution is 7.71. The minimum Gasteiger partial charge on any atom is -0.477 e. The second-order valence-corrected chi connectivity index (χ2v) is 3.97. The SMILES string of the molecule is O=C(O)c1cc2c3ccccc3nc(=S)n2[nH]1. The van der Waals surface area contributed by atoms with Crippen LogP contribution in [0.5, 0.6) is 0 Å². The van der Waals surface area contributed by atoms with Crippen molar-refractivity contribution < 1.29 is 9.90 Å². The maximum atomic E-state index is 10.9. The monoisotopic (exact) mass is 245 g/mol. The number of para-hydroxylation sites is 1. The van der Waals surface area contributed by atoms with Crippen LogP contribution >= 0.6 is 12.2 Å². The smallest absolute Gasteiger partial charge is 0.353 e. The average Bonchev–Trinajstić information content (AvgIpc) is 2.75. The molecule has 17 heavy (non-hydrogen) atoms. The Hall–Kier alpha value is -2.21. The van der Waals surface area contributed by atoms with E-state index in [-0.39, 0.29) is 5.69 Å². The van der Waals surface area contributed by atoms with Crippen molar-refractivity contribution in [1.29, 1.82) is 0 Å². The van der Waals surface area contributed by atoms with Crippen LogP contribution in [0.3, 0.4) is 0 Å². The molecule has 6 heteroatoms. The number of nitrogens with zero attached hydrogens (tertiary/aromatic N) is 2. The number of hydrogen-bond acceptors (Lipinski definition) is 3. The number of carboxylic acid groups (broad SMARTS) is 1. The zero-order chi connectivity index (χ0) is 12.0. The number of carbonyl (C=O) groups is 1. The molecule has 2 N–H and O–H groups in total. The van der Waals surface area contributed by atoms with E-state index in [1.54, 1.807) is 6.07 Å². The Balaban J connectivity index is 2.56. The van der Waals surface area contributed by atoms with Gasteiger partial charge in [-0.15, -0.1) is 0 Å². The Morgan fingerprint density at radius 2 is 2.18 bits per heavy atom. The zero-order valence-corrected chi connectivity index (χ0v) is 9.36. The molecule has 0 atom stereocenters. The minimum absolute atomic E-state index is 0.0919. The van der Waals surface area contributed by atoms with Crippen molar-refractivity contribution in [2.75, 3.05) is 0 Å². The maximum absolute atomic E-state index is 10.9. The molecule has 2 heterocycles. The lowest BCUT2D eigenvalue weighted by Gasteiger charge is -1.99. The number of hydrogen-bond donors (Lipinski definition) is 2. The van der Waals surface area contributed by atoms with Gasteiger partial charge in [0.05, 0.1) is 11.0 Å². The Bertz CT molecular complexity index is 803. The van der Waals surface area contributed by atoms with E-state index in [9.17, 15) is 4.79 Å². The summed E-state index contributed by atoms with van der Waals surface area (Å²) in [4.78, 5) is 15.1. The molecule has 0 aliphatic heterocycles. The molecule has 3 aromatic rings. The van der Waals surface area contributed by atoms with Gasteiger partial charge in [0.15, 0.2) is 0 Å². The third-order valence-electron chi connectivity index (χ3n) is 2.57. The molecule has 2 aromatic heterocycles. The molecule has 0 saturated heterocycles. The number of H-pyrrole nitrogens is 1. The van der Waals surface area contributed by atoms with Gasteiger partial charge < -0.3 is 5.11 Å². The lowest BCUT2D eigenvalue weighted by atomic mass is 10.2. The van der Waals surface area contributed by atoms with Crippen LogP contribution in [0.15, 0.2) is 30.3 Å². The second kappa shape index (κ2) is 3.39. The first kappa shape index (κ1) is 9.98. The van der Waals surface area contributed by atoms with E-state index < -0.39 is 5.97 Å². The van der Waals surface area contributed by atoms with E-state index in [0.29, 0.717) is 4.77 Å². The van der Waals surface area contributed by atoms with Gasteiger partial charge in [0.2, 0.25) is 4.77 Å². The quantitative estimate of drug-likeness (QED) is 0.645. The van der Waals surface area contributed by atoms with Crippen molar-refractivity contribution >= 4 is 34.6 Å². The van der Waals surface area contributed by atoms with Gasteiger partial charge in [-0.3, -0.25) is 5.10 Å². The van der Waals surface area contributed by atoms with E-state index in [2.05, 4.69) is 10.1 Å². The Morgan fingerprint density at radius 3 is 2.94 bits per heavy atom. The Kier molecular flexibility index (Phi) is 1.99. The Morgan fingerprint density at radius 1 is 1.41 bits per heavy atom. The molecule has 0 spiro atoms. The average molecular weight is 245 g/mol. The van der Waals surface area contributed by atoms with E-state index in [1.165, 1.54) is 4.52 Å². The largest absolute Gasteiger partial charge is 0.477 e. The highest BCUT2D eigenvalue weighted by atomic mass is 32.1. The normalized spacial score (nSPS) is 11.1. The summed E-state index contributed by atoms with van der Waals surface area (Å²) in [6, 6.07) is 9.03. The van der Waals surface area contributed by atoms with E-state index in [1.807, 2.05) is 24.3 Å². The van der Waals surface area contributed by atoms with E-state index in [0.717, 1.165) is 16.4 Å². The molecule has 3 rings (SSSR count). The van der Waals surface area contributed by atoms with Crippen LogP contribution in [-0.4, -0.2) is 25.7 Å². The minimum atomic E-state index is -1.02. The standard InChI is InChI=1S/C11H7N3O2S/c15-10(16)8-5-9-6-3-1-2-4-7(6)12-11(17)14(9)13-8/h1-5,13H,(H,15,16). The summed E-state index contributed by atoms with van der Waals surface area (Å²) in [5.41, 5.74) is 1.57. The fourth-order valence-electron chi connectivity index (χ4n) is 1.81. The molecule has 0 aliphatic rings. The highest BCUT2D eigenvalue weighted by Gasteiger charge is 2.10. The number of benzene rings is 1. The van der Waals surface area contributed by atoms with Crippen LogP contribution < -0.4 is 0 Å². The lowest BCUT2D eigenvalue weighted by Crippen LogP contribution is -1.98. The topological polar surface area (TPSA) is 70.4 Å². The van der Waals surface area contributed by atoms with Crippen LogP contribution in [0.25, 0.3) is 16.4 Å². The molecule has 0 unspecified atom stereocenters. The summed E-state index contributed by atoms with van der Waals surface area (Å²) >= 11 is 5.11. The summed E-state index contributed by atoms with van der Waals surface area (Å²) in [7, 11) is 0. The number of aromatic amines is 1. The first-order valence-electron chi connectivity index (χ1n) is 4.90. The van der Waals surface area contributed by atoms with Crippen molar-refractivity contribution in [1.82, 2.24) is 14.6 Å². The predicted molar refractivity (Wildman–Crippen MR) is 64.8 cm³/mol. The van der Waals surface area contributed by atoms with Crippen LogP contribution in [0, 0.1) is 4.77 Å². The number of carboxylic acids is 1. The van der Waals surface area contributed by atoms with Crippen molar-refractivity contribution in [2.24, 2.45) is 0 Å². The van der Waals surface area contributed by atoms with Crippen LogP contribution in [0.4, 0.5) is 0 Å². The summed E-state index contributed by atoms with van der Waals surface area (Å²) in [5.74, 6) is -1.02. The van der Waals surface area contributed by atoms with Crippen molar-refractivity contribution in [3.8, 4) is 0 Å². The number of nitrogens with one attached hydrogen (secondary N) is 1. The second-order valence-electron chi connectivity index (χ2n) is 3.61. The van der Waals surface area contributed by atoms with Gasteiger partial charge in [-0.2, -0.15) is 0 Å². The van der Waals surface area contributed by atoms with Crippen LogP contribution in [0.2, 0.25) is 0 Å². The molecule has 0 saturated carbocycles. The van der Waals surface area contributed by atoms with Gasteiger partial charge in [0.1, 0.15) is 5.69 Å². The predicted octanol–water partition coefficient (Wildman–Crippen LogP) is 2.24. The lowest BCUT2D eigenvalue weighted by molar-refractivity contribution is 0.0690. The van der Waals surface area contributed by atoms with E-state index >= 15 is 0 Å². The fraction of sp³-hybridized carbons (Fsp3) is 0. The first-order chi connectivity index (χ1) is 8.16. The van der Waals surface area contributed by atoms with Gasteiger partial charge in [-0.1, -0.05) is 18.2 Å². The third kappa shape index (κ3) is 1.42. The van der Waals surface area contributed by atoms with E-state index in [4.69, 9.17) is 17.3 Å². The van der Waals surface area contributed by atoms with Crippen LogP contribution in [0.1, 0.15) is 10.5 Å². The molecular formula is C11H7N3O2S. The van der Waals surface area contributed by atoms with Crippen molar-refractivity contribution in [3.05, 3.63) is 40.8 Å². The number of rotatable bonds is 1. The van der Waals surface area contributed by atoms with Gasteiger partial charge in [0, 0.05) is 5.39 Å². The summed E-state index contributed by atoms with van der Waals surface area (Å²) in [6.07, 6.45) is 0. The number of aromatic nitrogens is 3. The van der Waals surface area contributed by atoms with Gasteiger partial charge in [-0.25, -0.2) is 14.3 Å². The third-order valence-corrected chi connectivity index (χ3v) is 2.85. The molecule has 0 fully saturated rings. The fourth-order valence-corrected chi connectivity index (χ4v) is 2.06. The zero-order valence-electron chi connectivity index (χ0n) is 8.54. The Labute approximate surface area is 100 Å². The number of fused-ring (bicyclic) bond motifs is 3. The summed E-state index contributed by atoms with van der Waals surface area (Å²) in [5, 5.41) is 12.5.